The van der Waals surface area contributed by atoms with E-state index in [1.165, 1.54) is 5.56 Å². The fourth-order valence-corrected chi connectivity index (χ4v) is 2.98. The fraction of sp³-hybridized carbons (Fsp3) is 0.556. The lowest BCUT2D eigenvalue weighted by Gasteiger charge is -2.33. The van der Waals surface area contributed by atoms with Crippen molar-refractivity contribution in [3.63, 3.8) is 0 Å². The van der Waals surface area contributed by atoms with Crippen molar-refractivity contribution in [3.05, 3.63) is 35.9 Å². The molecule has 1 atom stereocenters. The van der Waals surface area contributed by atoms with Crippen molar-refractivity contribution in [2.75, 3.05) is 13.1 Å². The maximum atomic E-state index is 12.3. The molecule has 4 nitrogen and oxygen atoms in total. The molecule has 1 aliphatic heterocycles. The molecule has 0 unspecified atom stereocenters. The molecular weight excluding hydrogens is 276 g/mol. The molecule has 0 radical (unpaired) electrons. The molecule has 2 rings (SSSR count). The van der Waals surface area contributed by atoms with E-state index in [4.69, 9.17) is 0 Å². The van der Waals surface area contributed by atoms with E-state index in [-0.39, 0.29) is 11.8 Å². The number of carbonyl (C=O) groups is 2. The number of hydrogen-bond acceptors (Lipinski definition) is 2. The van der Waals surface area contributed by atoms with Crippen LogP contribution in [0.1, 0.15) is 38.7 Å². The highest BCUT2D eigenvalue weighted by molar-refractivity contribution is 5.87. The summed E-state index contributed by atoms with van der Waals surface area (Å²) in [5.41, 5.74) is 1.37. The van der Waals surface area contributed by atoms with Crippen LogP contribution >= 0.6 is 0 Å². The van der Waals surface area contributed by atoms with Crippen LogP contribution < -0.4 is 5.32 Å². The van der Waals surface area contributed by atoms with Gasteiger partial charge in [0.1, 0.15) is 6.04 Å². The first-order chi connectivity index (χ1) is 10.6. The lowest BCUT2D eigenvalue weighted by molar-refractivity contribution is -0.137. The number of nitrogens with one attached hydrogen (secondary N) is 1. The van der Waals surface area contributed by atoms with Crippen molar-refractivity contribution >= 4 is 11.8 Å². The smallest absolute Gasteiger partial charge is 0.244 e. The van der Waals surface area contributed by atoms with Gasteiger partial charge in [-0.05, 0) is 37.7 Å². The molecule has 0 aliphatic carbocycles. The third-order valence-corrected chi connectivity index (χ3v) is 4.36. The Morgan fingerprint density at radius 3 is 2.45 bits per heavy atom. The van der Waals surface area contributed by atoms with Crippen LogP contribution in [0.3, 0.4) is 0 Å². The van der Waals surface area contributed by atoms with Gasteiger partial charge in [-0.15, -0.1) is 0 Å². The number of benzene rings is 1. The Kier molecular flexibility index (Phi) is 5.99. The first-order valence-electron chi connectivity index (χ1n) is 8.22. The zero-order chi connectivity index (χ0) is 15.9. The Hall–Kier alpha value is -1.84. The van der Waals surface area contributed by atoms with Crippen LogP contribution in [-0.4, -0.2) is 35.8 Å². The van der Waals surface area contributed by atoms with Crippen molar-refractivity contribution in [2.45, 2.75) is 45.6 Å². The molecule has 0 saturated carbocycles. The van der Waals surface area contributed by atoms with Crippen LogP contribution in [-0.2, 0) is 16.0 Å². The molecule has 2 amide bonds. The van der Waals surface area contributed by atoms with E-state index in [0.717, 1.165) is 32.4 Å². The summed E-state index contributed by atoms with van der Waals surface area (Å²) < 4.78 is 0. The molecular formula is C18H26N2O2. The van der Waals surface area contributed by atoms with E-state index in [2.05, 4.69) is 29.6 Å². The second-order valence-electron chi connectivity index (χ2n) is 6.10. The van der Waals surface area contributed by atoms with Gasteiger partial charge in [0.2, 0.25) is 11.8 Å². The van der Waals surface area contributed by atoms with Gasteiger partial charge in [-0.25, -0.2) is 0 Å². The van der Waals surface area contributed by atoms with Gasteiger partial charge in [0.25, 0.3) is 0 Å². The molecule has 0 aromatic heterocycles. The van der Waals surface area contributed by atoms with E-state index in [9.17, 15) is 9.59 Å². The number of amides is 2. The Morgan fingerprint density at radius 2 is 1.86 bits per heavy atom. The summed E-state index contributed by atoms with van der Waals surface area (Å²) in [5, 5.41) is 2.75. The standard InChI is InChI=1S/C18H26N2O2/c1-3-17(21)19-14(2)18(22)20-11-9-16(10-12-20)13-15-7-5-4-6-8-15/h4-8,14,16H,3,9-13H2,1-2H3,(H,19,21)/t14-/m0/s1. The monoisotopic (exact) mass is 302 g/mol. The third kappa shape index (κ3) is 4.58. The Balaban J connectivity index is 1.79. The summed E-state index contributed by atoms with van der Waals surface area (Å²) in [5.74, 6) is 0.617. The van der Waals surface area contributed by atoms with Crippen LogP contribution in [0.15, 0.2) is 30.3 Å². The number of likely N-dealkylation sites (tertiary alicyclic amines) is 1. The van der Waals surface area contributed by atoms with Gasteiger partial charge in [0, 0.05) is 19.5 Å². The van der Waals surface area contributed by atoms with Crippen LogP contribution in [0.25, 0.3) is 0 Å². The maximum absolute atomic E-state index is 12.3. The van der Waals surface area contributed by atoms with Crippen molar-refractivity contribution in [1.29, 1.82) is 0 Å². The van der Waals surface area contributed by atoms with E-state index in [1.54, 1.807) is 13.8 Å². The molecule has 1 aromatic carbocycles. The molecule has 120 valence electrons. The van der Waals surface area contributed by atoms with Crippen molar-refractivity contribution < 1.29 is 9.59 Å². The minimum atomic E-state index is -0.418. The minimum absolute atomic E-state index is 0.0416. The molecule has 0 bridgehead atoms. The largest absolute Gasteiger partial charge is 0.345 e. The van der Waals surface area contributed by atoms with Crippen LogP contribution in [0.5, 0.6) is 0 Å². The van der Waals surface area contributed by atoms with E-state index in [1.807, 2.05) is 11.0 Å². The lowest BCUT2D eigenvalue weighted by Crippen LogP contribution is -2.49. The molecule has 0 spiro atoms. The number of carbonyl (C=O) groups excluding carboxylic acids is 2. The highest BCUT2D eigenvalue weighted by atomic mass is 16.2. The molecule has 1 heterocycles. The first-order valence-corrected chi connectivity index (χ1v) is 8.22. The molecule has 4 heteroatoms. The van der Waals surface area contributed by atoms with Crippen molar-refractivity contribution in [2.24, 2.45) is 5.92 Å². The topological polar surface area (TPSA) is 49.4 Å². The predicted molar refractivity (Wildman–Crippen MR) is 87.3 cm³/mol. The van der Waals surface area contributed by atoms with Crippen LogP contribution in [0, 0.1) is 5.92 Å². The molecule has 1 fully saturated rings. The quantitative estimate of drug-likeness (QED) is 0.908. The Morgan fingerprint density at radius 1 is 1.23 bits per heavy atom. The zero-order valence-corrected chi connectivity index (χ0v) is 13.5. The van der Waals surface area contributed by atoms with Gasteiger partial charge in [0.15, 0.2) is 0 Å². The maximum Gasteiger partial charge on any atom is 0.244 e. The van der Waals surface area contributed by atoms with Crippen LogP contribution in [0.4, 0.5) is 0 Å². The summed E-state index contributed by atoms with van der Waals surface area (Å²) in [4.78, 5) is 25.6. The van der Waals surface area contributed by atoms with Gasteiger partial charge in [-0.2, -0.15) is 0 Å². The van der Waals surface area contributed by atoms with E-state index < -0.39 is 6.04 Å². The molecule has 1 saturated heterocycles. The summed E-state index contributed by atoms with van der Waals surface area (Å²) in [6.07, 6.45) is 3.58. The SMILES string of the molecule is CCC(=O)N[C@@H](C)C(=O)N1CCC(Cc2ccccc2)CC1. The highest BCUT2D eigenvalue weighted by Gasteiger charge is 2.26. The molecule has 22 heavy (non-hydrogen) atoms. The molecule has 1 aliphatic rings. The number of hydrogen-bond donors (Lipinski definition) is 1. The van der Waals surface area contributed by atoms with Crippen molar-refractivity contribution in [1.82, 2.24) is 10.2 Å². The van der Waals surface area contributed by atoms with Crippen LogP contribution in [0.2, 0.25) is 0 Å². The molecule has 1 N–H and O–H groups in total. The summed E-state index contributed by atoms with van der Waals surface area (Å²) in [7, 11) is 0. The Bertz CT molecular complexity index is 493. The van der Waals surface area contributed by atoms with Gasteiger partial charge in [0.05, 0.1) is 0 Å². The number of nitrogens with zero attached hydrogens (tertiary/aromatic N) is 1. The second-order valence-corrected chi connectivity index (χ2v) is 6.10. The molecule has 1 aromatic rings. The van der Waals surface area contributed by atoms with Gasteiger partial charge in [-0.1, -0.05) is 37.3 Å². The van der Waals surface area contributed by atoms with Gasteiger partial charge >= 0.3 is 0 Å². The summed E-state index contributed by atoms with van der Waals surface area (Å²) in [6.45, 7) is 5.15. The van der Waals surface area contributed by atoms with E-state index in [0.29, 0.717) is 12.3 Å². The van der Waals surface area contributed by atoms with Gasteiger partial charge < -0.3 is 10.2 Å². The zero-order valence-electron chi connectivity index (χ0n) is 13.5. The highest BCUT2D eigenvalue weighted by Crippen LogP contribution is 2.22. The number of piperidine rings is 1. The van der Waals surface area contributed by atoms with E-state index >= 15 is 0 Å². The average Bonchev–Trinajstić information content (AvgIpc) is 2.55. The lowest BCUT2D eigenvalue weighted by atomic mass is 9.90. The normalized spacial score (nSPS) is 17.1. The minimum Gasteiger partial charge on any atom is -0.345 e. The number of rotatable bonds is 5. The second kappa shape index (κ2) is 7.97. The summed E-state index contributed by atoms with van der Waals surface area (Å²) in [6, 6.07) is 10.1. The summed E-state index contributed by atoms with van der Waals surface area (Å²) >= 11 is 0. The van der Waals surface area contributed by atoms with Gasteiger partial charge in [-0.3, -0.25) is 9.59 Å². The first kappa shape index (κ1) is 16.5. The predicted octanol–water partition coefficient (Wildman–Crippen LogP) is 2.38. The Labute approximate surface area is 132 Å². The fourth-order valence-electron chi connectivity index (χ4n) is 2.98. The average molecular weight is 302 g/mol. The third-order valence-electron chi connectivity index (χ3n) is 4.36. The van der Waals surface area contributed by atoms with Crippen molar-refractivity contribution in [3.8, 4) is 0 Å².